The summed E-state index contributed by atoms with van der Waals surface area (Å²) in [5.74, 6) is 1.22. The number of rotatable bonds is 4. The fraction of sp³-hybridized carbons (Fsp3) is 0.407. The first kappa shape index (κ1) is 24.7. The van der Waals surface area contributed by atoms with Crippen LogP contribution in [0.15, 0.2) is 63.1 Å². The maximum Gasteiger partial charge on any atom is 0.175 e. The molecule has 3 aliphatic rings. The molecule has 3 aliphatic heterocycles. The number of aromatic amines is 1. The van der Waals surface area contributed by atoms with E-state index in [9.17, 15) is 0 Å². The number of halogens is 2. The molecule has 2 unspecified atom stereocenters. The van der Waals surface area contributed by atoms with E-state index < -0.39 is 5.82 Å². The molecule has 0 bridgehead atoms. The molecule has 1 fully saturated rings. The minimum absolute atomic E-state index is 0.0745. The number of piperazine rings is 1. The van der Waals surface area contributed by atoms with E-state index in [1.165, 1.54) is 0 Å². The summed E-state index contributed by atoms with van der Waals surface area (Å²) < 4.78 is 21.4. The Hall–Kier alpha value is -2.94. The molecule has 2 N–H and O–H groups in total. The van der Waals surface area contributed by atoms with Crippen LogP contribution in [0.1, 0.15) is 25.5 Å². The number of nitrogens with zero attached hydrogens (tertiary/aromatic N) is 4. The molecule has 5 rings (SSSR count). The molecule has 4 heterocycles. The van der Waals surface area contributed by atoms with Gasteiger partial charge in [0.2, 0.25) is 0 Å². The van der Waals surface area contributed by atoms with Crippen LogP contribution in [0.25, 0.3) is 10.9 Å². The van der Waals surface area contributed by atoms with E-state index in [1.54, 1.807) is 18.3 Å². The van der Waals surface area contributed by atoms with Gasteiger partial charge in [0.1, 0.15) is 16.6 Å². The van der Waals surface area contributed by atoms with Gasteiger partial charge in [-0.3, -0.25) is 4.90 Å². The number of benzene rings is 1. The number of ether oxygens (including phenoxy) is 1. The van der Waals surface area contributed by atoms with Crippen LogP contribution in [-0.2, 0) is 0 Å². The average Bonchev–Trinajstić information content (AvgIpc) is 3.26. The van der Waals surface area contributed by atoms with Gasteiger partial charge >= 0.3 is 0 Å². The van der Waals surface area contributed by atoms with E-state index in [0.29, 0.717) is 40.3 Å². The van der Waals surface area contributed by atoms with Crippen molar-refractivity contribution in [3.8, 4) is 5.75 Å². The predicted octanol–water partition coefficient (Wildman–Crippen LogP) is 4.92. The van der Waals surface area contributed by atoms with Gasteiger partial charge < -0.3 is 19.9 Å². The van der Waals surface area contributed by atoms with Gasteiger partial charge in [-0.25, -0.2) is 14.4 Å². The largest absolute Gasteiger partial charge is 0.457 e. The number of H-pyrrole nitrogens is 1. The van der Waals surface area contributed by atoms with E-state index in [1.807, 2.05) is 32.2 Å². The third-order valence-electron chi connectivity index (χ3n) is 6.92. The number of aryl methyl sites for hydroxylation is 1. The highest BCUT2D eigenvalue weighted by atomic mass is 35.5. The number of aliphatic imine (C=N–C) groups is 2. The van der Waals surface area contributed by atoms with Crippen LogP contribution < -0.4 is 10.1 Å². The Morgan fingerprint density at radius 1 is 1.19 bits per heavy atom. The van der Waals surface area contributed by atoms with Gasteiger partial charge in [0, 0.05) is 67.2 Å². The second kappa shape index (κ2) is 10.6. The van der Waals surface area contributed by atoms with Crippen LogP contribution in [0.3, 0.4) is 0 Å². The van der Waals surface area contributed by atoms with Gasteiger partial charge in [0.25, 0.3) is 0 Å². The molecular formula is C27H32ClFN6O. The maximum atomic E-state index is 15.2. The summed E-state index contributed by atoms with van der Waals surface area (Å²) >= 11 is 6.84. The van der Waals surface area contributed by atoms with Crippen LogP contribution >= 0.6 is 11.6 Å². The Morgan fingerprint density at radius 2 is 2.00 bits per heavy atom. The van der Waals surface area contributed by atoms with E-state index in [2.05, 4.69) is 43.2 Å². The molecule has 1 aromatic carbocycles. The molecule has 2 atom stereocenters. The van der Waals surface area contributed by atoms with Crippen molar-refractivity contribution in [2.24, 2.45) is 15.9 Å². The zero-order chi connectivity index (χ0) is 25.2. The van der Waals surface area contributed by atoms with Crippen LogP contribution in [0, 0.1) is 18.7 Å². The second-order valence-electron chi connectivity index (χ2n) is 9.71. The van der Waals surface area contributed by atoms with Crippen molar-refractivity contribution in [1.82, 2.24) is 20.1 Å². The summed E-state index contributed by atoms with van der Waals surface area (Å²) in [4.78, 5) is 17.1. The maximum absolute atomic E-state index is 15.2. The molecule has 2 aromatic rings. The Bertz CT molecular complexity index is 1280. The number of hydrogen-bond acceptors (Lipinski definition) is 6. The molecule has 0 saturated carbocycles. The molecule has 0 amide bonds. The average molecular weight is 511 g/mol. The highest BCUT2D eigenvalue weighted by molar-refractivity contribution is 6.43. The lowest BCUT2D eigenvalue weighted by atomic mass is 10.0. The first-order chi connectivity index (χ1) is 17.4. The van der Waals surface area contributed by atoms with Gasteiger partial charge in [-0.2, -0.15) is 0 Å². The lowest BCUT2D eigenvalue weighted by Gasteiger charge is -2.36. The van der Waals surface area contributed by atoms with Crippen molar-refractivity contribution >= 4 is 34.6 Å². The zero-order valence-electron chi connectivity index (χ0n) is 20.9. The van der Waals surface area contributed by atoms with Crippen LogP contribution in [0.5, 0.6) is 5.75 Å². The van der Waals surface area contributed by atoms with E-state index in [0.717, 1.165) is 43.8 Å². The molecule has 0 radical (unpaired) electrons. The SMILES string of the molecule is Cc1cc2c(F)c(O/C3=C(Cl)/C(NC4=CCC(N5CCN(C)CC5)C=N4)=N/C=C/CC3C)ccc2[nH]1. The molecular weight excluding hydrogens is 479 g/mol. The van der Waals surface area contributed by atoms with Gasteiger partial charge in [0.05, 0.1) is 0 Å². The van der Waals surface area contributed by atoms with Crippen molar-refractivity contribution in [3.63, 3.8) is 0 Å². The monoisotopic (exact) mass is 510 g/mol. The minimum atomic E-state index is -0.417. The standard InChI is InChI=1S/C27H32ClFN6O/c1-17-5-4-10-30-27(33-23-9-6-19(16-31-23)35-13-11-34(3)12-14-35)24(28)26(17)36-22-8-7-21-20(25(22)29)15-18(2)32-21/h4,7-10,15-17,19,32H,5-6,11-14H2,1-3H3,(H,30,33)/b10-4+,26-24-. The fourth-order valence-electron chi connectivity index (χ4n) is 4.72. The van der Waals surface area contributed by atoms with Gasteiger partial charge in [0.15, 0.2) is 17.4 Å². The summed E-state index contributed by atoms with van der Waals surface area (Å²) in [6.45, 7) is 8.12. The van der Waals surface area contributed by atoms with Crippen molar-refractivity contribution in [2.45, 2.75) is 32.7 Å². The number of amidine groups is 1. The third kappa shape index (κ3) is 5.26. The van der Waals surface area contributed by atoms with E-state index in [-0.39, 0.29) is 11.7 Å². The van der Waals surface area contributed by atoms with E-state index >= 15 is 4.39 Å². The summed E-state index contributed by atoms with van der Waals surface area (Å²) in [5.41, 5.74) is 1.62. The Labute approximate surface area is 216 Å². The van der Waals surface area contributed by atoms with Gasteiger partial charge in [-0.15, -0.1) is 0 Å². The molecule has 9 heteroatoms. The lowest BCUT2D eigenvalue weighted by Crippen LogP contribution is -2.49. The number of nitrogens with one attached hydrogen (secondary N) is 2. The molecule has 1 aromatic heterocycles. The Kier molecular flexibility index (Phi) is 7.27. The predicted molar refractivity (Wildman–Crippen MR) is 144 cm³/mol. The third-order valence-corrected chi connectivity index (χ3v) is 7.28. The highest BCUT2D eigenvalue weighted by Crippen LogP contribution is 2.32. The number of fused-ring (bicyclic) bond motifs is 1. The van der Waals surface area contributed by atoms with Gasteiger partial charge in [-0.05, 0) is 51.1 Å². The number of hydrogen-bond donors (Lipinski definition) is 2. The zero-order valence-corrected chi connectivity index (χ0v) is 21.6. The molecule has 36 heavy (non-hydrogen) atoms. The fourth-order valence-corrected chi connectivity index (χ4v) is 5.04. The molecule has 0 spiro atoms. The lowest BCUT2D eigenvalue weighted by molar-refractivity contribution is 0.138. The molecule has 0 aliphatic carbocycles. The number of likely N-dealkylation sites (N-methyl/N-ethyl adjacent to an activating group) is 1. The molecule has 1 saturated heterocycles. The first-order valence-electron chi connectivity index (χ1n) is 12.4. The Morgan fingerprint density at radius 3 is 2.75 bits per heavy atom. The second-order valence-corrected chi connectivity index (χ2v) is 10.1. The van der Waals surface area contributed by atoms with Crippen molar-refractivity contribution in [2.75, 3.05) is 33.2 Å². The van der Waals surface area contributed by atoms with Crippen LogP contribution in [0.2, 0.25) is 0 Å². The molecule has 190 valence electrons. The first-order valence-corrected chi connectivity index (χ1v) is 12.8. The summed E-state index contributed by atoms with van der Waals surface area (Å²) in [5, 5.41) is 4.06. The minimum Gasteiger partial charge on any atom is -0.457 e. The summed E-state index contributed by atoms with van der Waals surface area (Å²) in [6, 6.07) is 5.51. The molecule has 7 nitrogen and oxygen atoms in total. The van der Waals surface area contributed by atoms with Crippen molar-refractivity contribution in [1.29, 1.82) is 0 Å². The van der Waals surface area contributed by atoms with Crippen molar-refractivity contribution < 1.29 is 9.13 Å². The quantitative estimate of drug-likeness (QED) is 0.612. The topological polar surface area (TPSA) is 68.2 Å². The summed E-state index contributed by atoms with van der Waals surface area (Å²) in [6.07, 6.45) is 9.28. The smallest absolute Gasteiger partial charge is 0.175 e. The van der Waals surface area contributed by atoms with Crippen LogP contribution in [0.4, 0.5) is 4.39 Å². The van der Waals surface area contributed by atoms with Gasteiger partial charge in [-0.1, -0.05) is 24.6 Å². The Balaban J connectivity index is 1.35. The number of aromatic nitrogens is 1. The van der Waals surface area contributed by atoms with Crippen molar-refractivity contribution in [3.05, 3.63) is 64.7 Å². The highest BCUT2D eigenvalue weighted by Gasteiger charge is 2.25. The normalized spacial score (nSPS) is 28.2. The van der Waals surface area contributed by atoms with Crippen LogP contribution in [-0.4, -0.2) is 66.1 Å². The summed E-state index contributed by atoms with van der Waals surface area (Å²) in [7, 11) is 2.16. The number of allylic oxidation sites excluding steroid dienone is 2. The van der Waals surface area contributed by atoms with E-state index in [4.69, 9.17) is 16.3 Å².